The molecule has 0 amide bonds. The lowest BCUT2D eigenvalue weighted by Crippen LogP contribution is -2.70. The Morgan fingerprint density at radius 1 is 0.833 bits per heavy atom. The third-order valence-electron chi connectivity index (χ3n) is 3.21. The van der Waals surface area contributed by atoms with E-state index in [0.717, 1.165) is 24.3 Å². The van der Waals surface area contributed by atoms with E-state index in [1.54, 1.807) is 0 Å². The highest BCUT2D eigenvalue weighted by Crippen LogP contribution is 2.31. The summed E-state index contributed by atoms with van der Waals surface area (Å²) in [4.78, 5) is 2.71. The highest BCUT2D eigenvalue weighted by atomic mass is 19.4. The summed E-state index contributed by atoms with van der Waals surface area (Å²) in [5.74, 6) is 0.237. The Labute approximate surface area is 133 Å². The molecule has 0 aliphatic rings. The molecule has 2 aromatic carbocycles. The number of rotatable bonds is 2. The van der Waals surface area contributed by atoms with Gasteiger partial charge in [0.15, 0.2) is 0 Å². The van der Waals surface area contributed by atoms with E-state index in [4.69, 9.17) is 0 Å². The molecule has 0 saturated carbocycles. The van der Waals surface area contributed by atoms with Crippen molar-refractivity contribution in [2.75, 3.05) is 12.4 Å². The van der Waals surface area contributed by atoms with Crippen LogP contribution in [-0.2, 0) is 12.4 Å². The lowest BCUT2D eigenvalue weighted by atomic mass is 10.1. The molecule has 0 radical (unpaired) electrons. The van der Waals surface area contributed by atoms with Gasteiger partial charge in [0.05, 0.1) is 23.7 Å². The molecule has 0 fully saturated rings. The van der Waals surface area contributed by atoms with Gasteiger partial charge in [0.25, 0.3) is 5.84 Å². The first-order valence-electron chi connectivity index (χ1n) is 6.78. The number of halogens is 6. The second-order valence-electron chi connectivity index (χ2n) is 4.90. The van der Waals surface area contributed by atoms with Crippen LogP contribution in [0.25, 0.3) is 0 Å². The Morgan fingerprint density at radius 3 is 1.92 bits per heavy atom. The van der Waals surface area contributed by atoms with Gasteiger partial charge >= 0.3 is 12.4 Å². The summed E-state index contributed by atoms with van der Waals surface area (Å²) in [5.41, 5.74) is -1.09. The first-order valence-corrected chi connectivity index (χ1v) is 6.78. The van der Waals surface area contributed by atoms with Crippen molar-refractivity contribution in [3.63, 3.8) is 0 Å². The van der Waals surface area contributed by atoms with E-state index in [-0.39, 0.29) is 11.4 Å². The molecule has 128 valence electrons. The summed E-state index contributed by atoms with van der Waals surface area (Å²) in [6, 6.07) is 8.78. The highest BCUT2D eigenvalue weighted by molar-refractivity contribution is 6.04. The highest BCUT2D eigenvalue weighted by Gasteiger charge is 2.32. The second-order valence-corrected chi connectivity index (χ2v) is 4.90. The van der Waals surface area contributed by atoms with Crippen LogP contribution >= 0.6 is 0 Å². The van der Waals surface area contributed by atoms with Gasteiger partial charge in [-0.1, -0.05) is 6.07 Å². The average Bonchev–Trinajstić information content (AvgIpc) is 2.51. The summed E-state index contributed by atoms with van der Waals surface area (Å²) >= 11 is 0. The summed E-state index contributed by atoms with van der Waals surface area (Å²) in [5, 5.41) is 2.77. The normalized spacial score (nSPS) is 13.0. The zero-order valence-corrected chi connectivity index (χ0v) is 12.4. The molecule has 2 N–H and O–H groups in total. The van der Waals surface area contributed by atoms with Gasteiger partial charge in [-0.3, -0.25) is 4.99 Å². The standard InChI is InChI=1S/C16H12F6N2/c1-23-14(10-3-2-4-12(9-10)16(20,21)22)24-13-7-5-11(6-8-13)15(17,18)19/h2-9H,1H3,(H,23,24)/p+1. The van der Waals surface area contributed by atoms with Crippen LogP contribution < -0.4 is 10.3 Å². The van der Waals surface area contributed by atoms with Crippen molar-refractivity contribution in [2.45, 2.75) is 12.4 Å². The summed E-state index contributed by atoms with van der Waals surface area (Å²) < 4.78 is 75.9. The number of anilines is 1. The van der Waals surface area contributed by atoms with Crippen molar-refractivity contribution >= 4 is 11.5 Å². The van der Waals surface area contributed by atoms with Crippen molar-refractivity contribution in [3.8, 4) is 0 Å². The van der Waals surface area contributed by atoms with Crippen molar-refractivity contribution in [1.29, 1.82) is 0 Å². The summed E-state index contributed by atoms with van der Waals surface area (Å²) in [6.45, 7) is 0. The van der Waals surface area contributed by atoms with Crippen LogP contribution in [0.2, 0.25) is 0 Å². The largest absolute Gasteiger partial charge is 0.416 e. The lowest BCUT2D eigenvalue weighted by Gasteiger charge is -2.09. The van der Waals surface area contributed by atoms with E-state index in [2.05, 4.69) is 10.3 Å². The molecule has 2 aromatic rings. The monoisotopic (exact) mass is 347 g/mol. The third-order valence-corrected chi connectivity index (χ3v) is 3.21. The Balaban J connectivity index is 2.25. The van der Waals surface area contributed by atoms with Crippen LogP contribution in [-0.4, -0.2) is 12.9 Å². The van der Waals surface area contributed by atoms with E-state index in [9.17, 15) is 26.3 Å². The third kappa shape index (κ3) is 4.27. The molecule has 8 heteroatoms. The van der Waals surface area contributed by atoms with Gasteiger partial charge in [-0.2, -0.15) is 26.3 Å². The van der Waals surface area contributed by atoms with Crippen LogP contribution in [0, 0.1) is 0 Å². The fourth-order valence-electron chi connectivity index (χ4n) is 2.02. The molecule has 2 nitrogen and oxygen atoms in total. The van der Waals surface area contributed by atoms with Gasteiger partial charge in [0, 0.05) is 0 Å². The van der Waals surface area contributed by atoms with Gasteiger partial charge in [-0.25, -0.2) is 5.32 Å². The van der Waals surface area contributed by atoms with Crippen LogP contribution in [0.3, 0.4) is 0 Å². The molecule has 0 heterocycles. The molecule has 0 spiro atoms. The van der Waals surface area contributed by atoms with Gasteiger partial charge in [-0.15, -0.1) is 0 Å². The van der Waals surface area contributed by atoms with Crippen molar-refractivity contribution in [1.82, 2.24) is 0 Å². The zero-order valence-electron chi connectivity index (χ0n) is 12.4. The van der Waals surface area contributed by atoms with Crippen molar-refractivity contribution < 1.29 is 31.3 Å². The fourth-order valence-corrected chi connectivity index (χ4v) is 2.02. The molecular weight excluding hydrogens is 334 g/mol. The second kappa shape index (κ2) is 6.54. The summed E-state index contributed by atoms with van der Waals surface area (Å²) in [6.07, 6.45) is -8.93. The quantitative estimate of drug-likeness (QED) is 0.487. The van der Waals surface area contributed by atoms with E-state index in [1.165, 1.54) is 31.3 Å². The first-order chi connectivity index (χ1) is 11.1. The maximum atomic E-state index is 12.8. The van der Waals surface area contributed by atoms with Crippen LogP contribution in [0.5, 0.6) is 0 Å². The summed E-state index contributed by atoms with van der Waals surface area (Å²) in [7, 11) is 1.49. The number of nitrogens with one attached hydrogen (secondary N) is 2. The van der Waals surface area contributed by atoms with Gasteiger partial charge in [0.2, 0.25) is 0 Å². The smallest absolute Gasteiger partial charge is 0.277 e. The zero-order chi connectivity index (χ0) is 18.0. The molecule has 0 atom stereocenters. The number of hydrogen-bond acceptors (Lipinski definition) is 0. The van der Waals surface area contributed by atoms with Crippen LogP contribution in [0.4, 0.5) is 32.0 Å². The Bertz CT molecular complexity index is 729. The topological polar surface area (TPSA) is 26.0 Å². The Kier molecular flexibility index (Phi) is 4.86. The maximum absolute atomic E-state index is 12.8. The van der Waals surface area contributed by atoms with E-state index in [0.29, 0.717) is 5.69 Å². The average molecular weight is 347 g/mol. The van der Waals surface area contributed by atoms with Crippen LogP contribution in [0.15, 0.2) is 48.5 Å². The minimum Gasteiger partial charge on any atom is -0.277 e. The molecule has 0 aliphatic carbocycles. The molecule has 0 bridgehead atoms. The van der Waals surface area contributed by atoms with Crippen molar-refractivity contribution in [3.05, 3.63) is 65.2 Å². The van der Waals surface area contributed by atoms with Crippen LogP contribution in [0.1, 0.15) is 16.7 Å². The molecule has 0 aromatic heterocycles. The molecule has 0 saturated heterocycles. The van der Waals surface area contributed by atoms with E-state index >= 15 is 0 Å². The van der Waals surface area contributed by atoms with E-state index < -0.39 is 23.5 Å². The maximum Gasteiger partial charge on any atom is 0.416 e. The Morgan fingerprint density at radius 2 is 1.42 bits per heavy atom. The number of hydrogen-bond donors (Lipinski definition) is 2. The predicted molar refractivity (Wildman–Crippen MR) is 77.5 cm³/mol. The fraction of sp³-hybridized carbons (Fsp3) is 0.188. The molecule has 24 heavy (non-hydrogen) atoms. The molecule has 0 unspecified atom stereocenters. The number of benzene rings is 2. The SMILES string of the molecule is C[NH+]=C(Nc1ccc(C(F)(F)F)cc1)c1cccc(C(F)(F)F)c1. The van der Waals surface area contributed by atoms with Gasteiger partial charge < -0.3 is 0 Å². The molecular formula is C16H13F6N2+. The van der Waals surface area contributed by atoms with E-state index in [1.807, 2.05) is 0 Å². The first kappa shape index (κ1) is 17.8. The van der Waals surface area contributed by atoms with Gasteiger partial charge in [0.1, 0.15) is 5.69 Å². The Hall–Kier alpha value is -2.51. The molecule has 0 aliphatic heterocycles. The van der Waals surface area contributed by atoms with Crippen molar-refractivity contribution in [2.24, 2.45) is 0 Å². The number of alkyl halides is 6. The number of amidine groups is 1. The molecule has 2 rings (SSSR count). The minimum absolute atomic E-state index is 0.229. The minimum atomic E-state index is -4.48. The van der Waals surface area contributed by atoms with Gasteiger partial charge in [-0.05, 0) is 42.5 Å². The predicted octanol–water partition coefficient (Wildman–Crippen LogP) is 3.29. The lowest BCUT2D eigenvalue weighted by molar-refractivity contribution is -0.419.